The summed E-state index contributed by atoms with van der Waals surface area (Å²) >= 11 is 0. The van der Waals surface area contributed by atoms with Gasteiger partial charge in [0.25, 0.3) is 0 Å². The van der Waals surface area contributed by atoms with Crippen LogP contribution in [-0.4, -0.2) is 25.5 Å². The number of rotatable bonds is 5. The van der Waals surface area contributed by atoms with Crippen LogP contribution in [0.15, 0.2) is 24.3 Å². The van der Waals surface area contributed by atoms with Crippen molar-refractivity contribution in [3.05, 3.63) is 63.7 Å². The summed E-state index contributed by atoms with van der Waals surface area (Å²) < 4.78 is 44.2. The summed E-state index contributed by atoms with van der Waals surface area (Å²) in [6.45, 7) is 6.99. The lowest BCUT2D eigenvalue weighted by molar-refractivity contribution is -0.138. The van der Waals surface area contributed by atoms with E-state index in [0.717, 1.165) is 34.4 Å². The number of aryl methyl sites for hydroxylation is 4. The van der Waals surface area contributed by atoms with Gasteiger partial charge in [-0.1, -0.05) is 6.07 Å². The first-order chi connectivity index (χ1) is 14.0. The van der Waals surface area contributed by atoms with Gasteiger partial charge in [-0.25, -0.2) is 4.68 Å². The number of nitrogens with zero attached hydrogens (tertiary/aromatic N) is 4. The fraction of sp³-hybridized carbons (Fsp3) is 0.381. The number of halogens is 3. The minimum absolute atomic E-state index is 0.000705. The molecule has 2 aromatic heterocycles. The summed E-state index contributed by atoms with van der Waals surface area (Å²) in [5.74, 6) is -0.357. The molecule has 3 rings (SSSR count). The van der Waals surface area contributed by atoms with Crippen molar-refractivity contribution in [3.8, 4) is 5.69 Å². The second kappa shape index (κ2) is 7.97. The Balaban J connectivity index is 1.81. The molecule has 9 heteroatoms. The summed E-state index contributed by atoms with van der Waals surface area (Å²) in [4.78, 5) is 12.4. The van der Waals surface area contributed by atoms with Gasteiger partial charge in [-0.15, -0.1) is 0 Å². The highest BCUT2D eigenvalue weighted by Crippen LogP contribution is 2.33. The van der Waals surface area contributed by atoms with Crippen LogP contribution < -0.4 is 5.32 Å². The molecule has 0 radical (unpaired) electrons. The van der Waals surface area contributed by atoms with Crippen molar-refractivity contribution in [2.75, 3.05) is 0 Å². The average molecular weight is 419 g/mol. The lowest BCUT2D eigenvalue weighted by atomic mass is 10.1. The zero-order valence-electron chi connectivity index (χ0n) is 17.6. The van der Waals surface area contributed by atoms with Gasteiger partial charge in [0.05, 0.1) is 29.1 Å². The smallest absolute Gasteiger partial charge is 0.352 e. The third-order valence-corrected chi connectivity index (χ3v) is 5.13. The number of hydrogen-bond acceptors (Lipinski definition) is 3. The summed E-state index contributed by atoms with van der Waals surface area (Å²) in [6.07, 6.45) is -4.49. The maximum Gasteiger partial charge on any atom is 0.416 e. The number of hydrogen-bond donors (Lipinski definition) is 1. The highest BCUT2D eigenvalue weighted by molar-refractivity contribution is 5.79. The van der Waals surface area contributed by atoms with Crippen LogP contribution in [0.1, 0.15) is 39.5 Å². The second-order valence-electron chi connectivity index (χ2n) is 7.40. The Kier molecular flexibility index (Phi) is 5.74. The first-order valence-electron chi connectivity index (χ1n) is 9.47. The summed E-state index contributed by atoms with van der Waals surface area (Å²) in [5.41, 5.74) is 3.36. The Labute approximate surface area is 172 Å². The predicted octanol–water partition coefficient (Wildman–Crippen LogP) is 3.72. The van der Waals surface area contributed by atoms with Gasteiger partial charge in [-0.3, -0.25) is 9.48 Å². The second-order valence-corrected chi connectivity index (χ2v) is 7.40. The van der Waals surface area contributed by atoms with Crippen LogP contribution in [0.3, 0.4) is 0 Å². The van der Waals surface area contributed by atoms with Crippen molar-refractivity contribution >= 4 is 5.91 Å². The van der Waals surface area contributed by atoms with Crippen molar-refractivity contribution < 1.29 is 18.0 Å². The Morgan fingerprint density at radius 1 is 1.10 bits per heavy atom. The molecular formula is C21H24F3N5O. The number of carbonyl (C=O) groups is 1. The van der Waals surface area contributed by atoms with Gasteiger partial charge >= 0.3 is 6.18 Å². The number of benzene rings is 1. The van der Waals surface area contributed by atoms with Crippen LogP contribution in [-0.2, 0) is 31.0 Å². The molecule has 0 saturated heterocycles. The molecule has 0 atom stereocenters. The summed E-state index contributed by atoms with van der Waals surface area (Å²) in [7, 11) is 1.78. The van der Waals surface area contributed by atoms with Gasteiger partial charge in [-0.05, 0) is 51.5 Å². The van der Waals surface area contributed by atoms with E-state index in [-0.39, 0.29) is 24.4 Å². The van der Waals surface area contributed by atoms with Crippen molar-refractivity contribution in [3.63, 3.8) is 0 Å². The van der Waals surface area contributed by atoms with Crippen molar-refractivity contribution in [2.45, 2.75) is 46.8 Å². The zero-order chi connectivity index (χ0) is 22.2. The molecule has 0 saturated carbocycles. The SMILES string of the molecule is Cc1cc(C)n(-c2ccc(CNC(=O)Cc3c(C)nn(C)c3C)c(C(F)(F)F)c2)n1. The van der Waals surface area contributed by atoms with E-state index in [1.54, 1.807) is 44.6 Å². The van der Waals surface area contributed by atoms with Crippen LogP contribution in [0.5, 0.6) is 0 Å². The largest absolute Gasteiger partial charge is 0.416 e. The topological polar surface area (TPSA) is 64.7 Å². The van der Waals surface area contributed by atoms with Gasteiger partial charge in [0.1, 0.15) is 0 Å². The standard InChI is InChI=1S/C21H24F3N5O/c1-12-8-13(2)29(26-12)17-7-6-16(19(9-17)21(22,23)24)11-25-20(30)10-18-14(3)27-28(5)15(18)4/h6-9H,10-11H2,1-5H3,(H,25,30). The summed E-state index contributed by atoms with van der Waals surface area (Å²) in [5, 5.41) is 11.1. The van der Waals surface area contributed by atoms with Crippen molar-refractivity contribution in [2.24, 2.45) is 7.05 Å². The van der Waals surface area contributed by atoms with Gasteiger partial charge in [0.2, 0.25) is 5.91 Å². The quantitative estimate of drug-likeness (QED) is 0.686. The van der Waals surface area contributed by atoms with E-state index >= 15 is 0 Å². The van der Waals surface area contributed by atoms with Crippen LogP contribution in [0.4, 0.5) is 13.2 Å². The fourth-order valence-corrected chi connectivity index (χ4v) is 3.49. The van der Waals surface area contributed by atoms with Crippen molar-refractivity contribution in [1.29, 1.82) is 0 Å². The van der Waals surface area contributed by atoms with Gasteiger partial charge < -0.3 is 5.32 Å². The first kappa shape index (κ1) is 21.6. The van der Waals surface area contributed by atoms with E-state index in [4.69, 9.17) is 0 Å². The zero-order valence-corrected chi connectivity index (χ0v) is 17.6. The minimum atomic E-state index is -4.55. The third-order valence-electron chi connectivity index (χ3n) is 5.13. The number of nitrogens with one attached hydrogen (secondary N) is 1. The molecule has 2 heterocycles. The molecule has 0 bridgehead atoms. The van der Waals surface area contributed by atoms with Gasteiger partial charge in [0.15, 0.2) is 0 Å². The molecule has 0 aliphatic rings. The fourth-order valence-electron chi connectivity index (χ4n) is 3.49. The number of amides is 1. The predicted molar refractivity (Wildman–Crippen MR) is 106 cm³/mol. The van der Waals surface area contributed by atoms with E-state index in [0.29, 0.717) is 5.69 Å². The third kappa shape index (κ3) is 4.39. The monoisotopic (exact) mass is 419 g/mol. The maximum absolute atomic E-state index is 13.7. The highest BCUT2D eigenvalue weighted by Gasteiger charge is 2.34. The first-order valence-corrected chi connectivity index (χ1v) is 9.47. The van der Waals surface area contributed by atoms with Crippen molar-refractivity contribution in [1.82, 2.24) is 24.9 Å². The molecule has 0 unspecified atom stereocenters. The number of carbonyl (C=O) groups excluding carboxylic acids is 1. The van der Waals surface area contributed by atoms with E-state index in [2.05, 4.69) is 15.5 Å². The Morgan fingerprint density at radius 2 is 1.80 bits per heavy atom. The van der Waals surface area contributed by atoms with Gasteiger partial charge in [-0.2, -0.15) is 23.4 Å². The van der Waals surface area contributed by atoms with Gasteiger partial charge in [0, 0.05) is 30.5 Å². The number of alkyl halides is 3. The molecule has 160 valence electrons. The van der Waals surface area contributed by atoms with Crippen LogP contribution in [0.2, 0.25) is 0 Å². The summed E-state index contributed by atoms with van der Waals surface area (Å²) in [6, 6.07) is 5.82. The molecule has 1 aromatic carbocycles. The van der Waals surface area contributed by atoms with Crippen LogP contribution in [0.25, 0.3) is 5.69 Å². The molecule has 1 amide bonds. The lowest BCUT2D eigenvalue weighted by Gasteiger charge is -2.16. The molecule has 0 aliphatic heterocycles. The Hall–Kier alpha value is -3.10. The molecule has 0 fully saturated rings. The molecule has 3 aromatic rings. The van der Waals surface area contributed by atoms with Crippen LogP contribution >= 0.6 is 0 Å². The highest BCUT2D eigenvalue weighted by atomic mass is 19.4. The Bertz CT molecular complexity index is 1090. The minimum Gasteiger partial charge on any atom is -0.352 e. The lowest BCUT2D eigenvalue weighted by Crippen LogP contribution is -2.26. The molecule has 6 nitrogen and oxygen atoms in total. The molecule has 0 aliphatic carbocycles. The van der Waals surface area contributed by atoms with Crippen LogP contribution in [0, 0.1) is 27.7 Å². The normalized spacial score (nSPS) is 11.7. The maximum atomic E-state index is 13.7. The Morgan fingerprint density at radius 3 is 2.33 bits per heavy atom. The van der Waals surface area contributed by atoms with E-state index in [1.165, 1.54) is 10.7 Å². The molecular weight excluding hydrogens is 395 g/mol. The van der Waals surface area contributed by atoms with E-state index in [9.17, 15) is 18.0 Å². The van der Waals surface area contributed by atoms with E-state index < -0.39 is 11.7 Å². The molecule has 30 heavy (non-hydrogen) atoms. The average Bonchev–Trinajstić information content (AvgIpc) is 3.11. The van der Waals surface area contributed by atoms with E-state index in [1.807, 2.05) is 6.92 Å². The molecule has 0 spiro atoms. The number of aromatic nitrogens is 4. The molecule has 1 N–H and O–H groups in total.